The fraction of sp³-hybridized carbons (Fsp3) is 0.625. The van der Waals surface area contributed by atoms with Gasteiger partial charge in [-0.05, 0) is 45.2 Å². The van der Waals surface area contributed by atoms with Crippen LogP contribution in [0.25, 0.3) is 0 Å². The summed E-state index contributed by atoms with van der Waals surface area (Å²) in [5.41, 5.74) is 6.66. The quantitative estimate of drug-likeness (QED) is 0.908. The monoisotopic (exact) mass is 291 g/mol. The number of hydrogen-bond donors (Lipinski definition) is 1. The van der Waals surface area contributed by atoms with Gasteiger partial charge in [-0.3, -0.25) is 4.98 Å². The summed E-state index contributed by atoms with van der Waals surface area (Å²) >= 11 is 0. The molecule has 1 amide bonds. The van der Waals surface area contributed by atoms with E-state index in [2.05, 4.69) is 11.1 Å². The molecule has 0 atom stereocenters. The van der Waals surface area contributed by atoms with Crippen LogP contribution >= 0.6 is 0 Å². The normalized spacial score (nSPS) is 18.4. The van der Waals surface area contributed by atoms with Crippen LogP contribution in [-0.2, 0) is 10.2 Å². The smallest absolute Gasteiger partial charge is 0.410 e. The minimum absolute atomic E-state index is 0.0766. The third-order valence-electron chi connectivity index (χ3n) is 4.04. The van der Waals surface area contributed by atoms with Crippen LogP contribution in [0.1, 0.15) is 39.2 Å². The molecule has 0 saturated carbocycles. The molecule has 1 saturated heterocycles. The number of rotatable bonds is 2. The Morgan fingerprint density at radius 3 is 2.57 bits per heavy atom. The average Bonchev–Trinajstić information content (AvgIpc) is 2.46. The van der Waals surface area contributed by atoms with Crippen LogP contribution in [0.3, 0.4) is 0 Å². The number of hydrogen-bond acceptors (Lipinski definition) is 4. The maximum atomic E-state index is 12.1. The van der Waals surface area contributed by atoms with Gasteiger partial charge in [0.25, 0.3) is 0 Å². The second-order valence-corrected chi connectivity index (χ2v) is 6.69. The lowest BCUT2D eigenvalue weighted by Crippen LogP contribution is -2.49. The minimum Gasteiger partial charge on any atom is -0.444 e. The van der Waals surface area contributed by atoms with E-state index in [0.717, 1.165) is 18.4 Å². The van der Waals surface area contributed by atoms with Crippen molar-refractivity contribution in [1.29, 1.82) is 0 Å². The van der Waals surface area contributed by atoms with E-state index in [1.54, 1.807) is 11.1 Å². The van der Waals surface area contributed by atoms with E-state index in [1.807, 2.05) is 33.0 Å². The number of aromatic nitrogens is 1. The molecule has 2 rings (SSSR count). The van der Waals surface area contributed by atoms with Crippen molar-refractivity contribution in [2.45, 2.75) is 44.6 Å². The predicted molar refractivity (Wildman–Crippen MR) is 82.0 cm³/mol. The van der Waals surface area contributed by atoms with Crippen molar-refractivity contribution in [3.8, 4) is 0 Å². The Hall–Kier alpha value is -1.62. The molecule has 1 aromatic heterocycles. The minimum atomic E-state index is -0.456. The highest BCUT2D eigenvalue weighted by Gasteiger charge is 2.37. The van der Waals surface area contributed by atoms with Gasteiger partial charge in [0, 0.05) is 37.4 Å². The summed E-state index contributed by atoms with van der Waals surface area (Å²) in [6, 6.07) is 4.01. The number of nitrogens with zero attached hydrogens (tertiary/aromatic N) is 2. The van der Waals surface area contributed by atoms with E-state index in [0.29, 0.717) is 19.6 Å². The zero-order valence-corrected chi connectivity index (χ0v) is 13.1. The van der Waals surface area contributed by atoms with Crippen LogP contribution < -0.4 is 5.73 Å². The molecule has 5 heteroatoms. The molecular weight excluding hydrogens is 266 g/mol. The lowest BCUT2D eigenvalue weighted by molar-refractivity contribution is 0.0167. The fourth-order valence-corrected chi connectivity index (χ4v) is 2.73. The molecule has 0 bridgehead atoms. The second-order valence-electron chi connectivity index (χ2n) is 6.69. The standard InChI is InChI=1S/C16H25N3O2/c1-15(2,3)21-14(20)19-9-6-16(12-17,7-10-19)13-5-4-8-18-11-13/h4-5,8,11H,6-7,9-10,12,17H2,1-3H3. The molecular formula is C16H25N3O2. The summed E-state index contributed by atoms with van der Waals surface area (Å²) in [6.07, 6.45) is 5.10. The molecule has 0 aromatic carbocycles. The molecule has 1 aliphatic heterocycles. The van der Waals surface area contributed by atoms with Gasteiger partial charge in [-0.15, -0.1) is 0 Å². The molecule has 2 N–H and O–H groups in total. The van der Waals surface area contributed by atoms with E-state index in [-0.39, 0.29) is 11.5 Å². The third-order valence-corrected chi connectivity index (χ3v) is 4.04. The summed E-state index contributed by atoms with van der Waals surface area (Å²) in [4.78, 5) is 18.1. The van der Waals surface area contributed by atoms with Gasteiger partial charge >= 0.3 is 6.09 Å². The van der Waals surface area contributed by atoms with Crippen molar-refractivity contribution in [2.75, 3.05) is 19.6 Å². The number of carbonyl (C=O) groups is 1. The Morgan fingerprint density at radius 2 is 2.10 bits per heavy atom. The van der Waals surface area contributed by atoms with Gasteiger partial charge in [-0.2, -0.15) is 0 Å². The first kappa shape index (κ1) is 15.8. The molecule has 0 radical (unpaired) electrons. The molecule has 0 unspecified atom stereocenters. The van der Waals surface area contributed by atoms with E-state index < -0.39 is 5.60 Å². The third kappa shape index (κ3) is 3.73. The number of likely N-dealkylation sites (tertiary alicyclic amines) is 1. The van der Waals surface area contributed by atoms with E-state index in [4.69, 9.17) is 10.5 Å². The van der Waals surface area contributed by atoms with Gasteiger partial charge in [0.1, 0.15) is 5.60 Å². The van der Waals surface area contributed by atoms with Crippen molar-refractivity contribution in [3.63, 3.8) is 0 Å². The van der Waals surface area contributed by atoms with Crippen LogP contribution in [0, 0.1) is 0 Å². The topological polar surface area (TPSA) is 68.5 Å². The molecule has 5 nitrogen and oxygen atoms in total. The molecule has 0 aliphatic carbocycles. The van der Waals surface area contributed by atoms with Crippen molar-refractivity contribution in [3.05, 3.63) is 30.1 Å². The lowest BCUT2D eigenvalue weighted by atomic mass is 9.73. The first-order valence-electron chi connectivity index (χ1n) is 7.45. The largest absolute Gasteiger partial charge is 0.444 e. The zero-order chi connectivity index (χ0) is 15.5. The Bertz CT molecular complexity index is 474. The highest BCUT2D eigenvalue weighted by atomic mass is 16.6. The number of ether oxygens (including phenoxy) is 1. The zero-order valence-electron chi connectivity index (χ0n) is 13.1. The summed E-state index contributed by atoms with van der Waals surface area (Å²) in [7, 11) is 0. The molecule has 21 heavy (non-hydrogen) atoms. The highest BCUT2D eigenvalue weighted by molar-refractivity contribution is 5.68. The first-order valence-corrected chi connectivity index (χ1v) is 7.45. The fourth-order valence-electron chi connectivity index (χ4n) is 2.73. The summed E-state index contributed by atoms with van der Waals surface area (Å²) < 4.78 is 5.43. The van der Waals surface area contributed by atoms with Crippen LogP contribution in [-0.4, -0.2) is 41.2 Å². The molecule has 1 aromatic rings. The predicted octanol–water partition coefficient (Wildman–Crippen LogP) is 2.31. The van der Waals surface area contributed by atoms with Crippen LogP contribution in [0.4, 0.5) is 4.79 Å². The SMILES string of the molecule is CC(C)(C)OC(=O)N1CCC(CN)(c2cccnc2)CC1. The van der Waals surface area contributed by atoms with Gasteiger partial charge in [0.2, 0.25) is 0 Å². The van der Waals surface area contributed by atoms with Crippen LogP contribution in [0.15, 0.2) is 24.5 Å². The van der Waals surface area contributed by atoms with Gasteiger partial charge in [0.15, 0.2) is 0 Å². The Balaban J connectivity index is 2.03. The molecule has 1 fully saturated rings. The Kier molecular flexibility index (Phi) is 4.52. The Labute approximate surface area is 126 Å². The number of piperidine rings is 1. The van der Waals surface area contributed by atoms with Crippen molar-refractivity contribution >= 4 is 6.09 Å². The molecule has 1 aliphatic rings. The average molecular weight is 291 g/mol. The molecule has 2 heterocycles. The molecule has 0 spiro atoms. The van der Waals surface area contributed by atoms with Gasteiger partial charge in [-0.25, -0.2) is 4.79 Å². The van der Waals surface area contributed by atoms with Crippen molar-refractivity contribution in [2.24, 2.45) is 5.73 Å². The Morgan fingerprint density at radius 1 is 1.43 bits per heavy atom. The van der Waals surface area contributed by atoms with Crippen molar-refractivity contribution in [1.82, 2.24) is 9.88 Å². The number of pyridine rings is 1. The second kappa shape index (κ2) is 6.02. The van der Waals surface area contributed by atoms with Gasteiger partial charge in [-0.1, -0.05) is 6.07 Å². The summed E-state index contributed by atoms with van der Waals surface area (Å²) in [5, 5.41) is 0. The lowest BCUT2D eigenvalue weighted by Gasteiger charge is -2.41. The van der Waals surface area contributed by atoms with E-state index in [1.165, 1.54) is 0 Å². The highest BCUT2D eigenvalue weighted by Crippen LogP contribution is 2.34. The van der Waals surface area contributed by atoms with Crippen LogP contribution in [0.2, 0.25) is 0 Å². The van der Waals surface area contributed by atoms with E-state index >= 15 is 0 Å². The maximum absolute atomic E-state index is 12.1. The van der Waals surface area contributed by atoms with Crippen molar-refractivity contribution < 1.29 is 9.53 Å². The van der Waals surface area contributed by atoms with E-state index in [9.17, 15) is 4.79 Å². The maximum Gasteiger partial charge on any atom is 0.410 e. The summed E-state index contributed by atoms with van der Waals surface area (Å²) in [6.45, 7) is 7.56. The summed E-state index contributed by atoms with van der Waals surface area (Å²) in [5.74, 6) is 0. The molecule has 116 valence electrons. The first-order chi connectivity index (χ1) is 9.86. The number of amides is 1. The van der Waals surface area contributed by atoms with Gasteiger partial charge in [0.05, 0.1) is 0 Å². The number of carbonyl (C=O) groups excluding carboxylic acids is 1. The van der Waals surface area contributed by atoms with Crippen LogP contribution in [0.5, 0.6) is 0 Å². The number of nitrogens with two attached hydrogens (primary N) is 1. The van der Waals surface area contributed by atoms with Gasteiger partial charge < -0.3 is 15.4 Å².